The van der Waals surface area contributed by atoms with Gasteiger partial charge in [0.1, 0.15) is 0 Å². The molecule has 17 heavy (non-hydrogen) atoms. The molecule has 0 saturated heterocycles. The third kappa shape index (κ3) is 3.88. The van der Waals surface area contributed by atoms with Crippen LogP contribution in [0.3, 0.4) is 0 Å². The van der Waals surface area contributed by atoms with Crippen molar-refractivity contribution in [2.75, 3.05) is 13.2 Å². The van der Waals surface area contributed by atoms with Crippen LogP contribution >= 0.6 is 0 Å². The molecule has 5 heteroatoms. The molecule has 94 valence electrons. The maximum absolute atomic E-state index is 11.5. The Morgan fingerprint density at radius 1 is 0.941 bits per heavy atom. The number of hydrogen-bond donors (Lipinski definition) is 0. The standard InChI is InChI=1S/C12H14O4.H2O/c1-3-15-11(13)9-7-5-6-8-10(9)12(14)16-4-2;/h5-8H,3-4H2,1-2H3;1H2. The first-order chi connectivity index (χ1) is 7.70. The van der Waals surface area contributed by atoms with Crippen molar-refractivity contribution < 1.29 is 24.5 Å². The lowest BCUT2D eigenvalue weighted by Gasteiger charge is -2.07. The highest BCUT2D eigenvalue weighted by atomic mass is 16.5. The van der Waals surface area contributed by atoms with Crippen molar-refractivity contribution in [1.29, 1.82) is 0 Å². The van der Waals surface area contributed by atoms with Crippen molar-refractivity contribution >= 4 is 11.9 Å². The van der Waals surface area contributed by atoms with Gasteiger partial charge < -0.3 is 14.9 Å². The zero-order valence-corrected chi connectivity index (χ0v) is 9.86. The fraction of sp³-hybridized carbons (Fsp3) is 0.333. The summed E-state index contributed by atoms with van der Waals surface area (Å²) in [6, 6.07) is 6.44. The predicted octanol–water partition coefficient (Wildman–Crippen LogP) is 1.22. The van der Waals surface area contributed by atoms with Gasteiger partial charge >= 0.3 is 11.9 Å². The van der Waals surface area contributed by atoms with E-state index in [1.54, 1.807) is 38.1 Å². The molecular formula is C12H16O5. The number of hydrogen-bond acceptors (Lipinski definition) is 4. The quantitative estimate of drug-likeness (QED) is 0.740. The topological polar surface area (TPSA) is 84.1 Å². The molecular weight excluding hydrogens is 224 g/mol. The first kappa shape index (κ1) is 15.1. The molecule has 0 spiro atoms. The summed E-state index contributed by atoms with van der Waals surface area (Å²) in [4.78, 5) is 23.1. The number of carbonyl (C=O) groups excluding carboxylic acids is 2. The molecule has 1 aromatic rings. The van der Waals surface area contributed by atoms with Crippen LogP contribution in [-0.4, -0.2) is 30.6 Å². The molecule has 0 aromatic heterocycles. The van der Waals surface area contributed by atoms with E-state index in [2.05, 4.69) is 0 Å². The van der Waals surface area contributed by atoms with Crippen molar-refractivity contribution in [3.05, 3.63) is 35.4 Å². The molecule has 0 fully saturated rings. The third-order valence-corrected chi connectivity index (χ3v) is 1.92. The Hall–Kier alpha value is -1.88. The highest BCUT2D eigenvalue weighted by Gasteiger charge is 2.17. The summed E-state index contributed by atoms with van der Waals surface area (Å²) in [6.07, 6.45) is 0. The van der Waals surface area contributed by atoms with Crippen molar-refractivity contribution in [3.63, 3.8) is 0 Å². The highest BCUT2D eigenvalue weighted by Crippen LogP contribution is 2.11. The summed E-state index contributed by atoms with van der Waals surface area (Å²) < 4.78 is 9.70. The van der Waals surface area contributed by atoms with E-state index < -0.39 is 11.9 Å². The van der Waals surface area contributed by atoms with Crippen LogP contribution in [0.2, 0.25) is 0 Å². The van der Waals surface area contributed by atoms with Crippen LogP contribution in [0.25, 0.3) is 0 Å². The van der Waals surface area contributed by atoms with E-state index in [4.69, 9.17) is 9.47 Å². The first-order valence-electron chi connectivity index (χ1n) is 5.14. The van der Waals surface area contributed by atoms with Gasteiger partial charge in [0.25, 0.3) is 0 Å². The van der Waals surface area contributed by atoms with E-state index in [1.807, 2.05) is 0 Å². The minimum atomic E-state index is -0.508. The second-order valence-corrected chi connectivity index (χ2v) is 2.99. The van der Waals surface area contributed by atoms with Crippen LogP contribution in [0.15, 0.2) is 24.3 Å². The monoisotopic (exact) mass is 240 g/mol. The highest BCUT2D eigenvalue weighted by molar-refractivity contribution is 6.03. The van der Waals surface area contributed by atoms with Gasteiger partial charge in [0.05, 0.1) is 24.3 Å². The molecule has 1 rings (SSSR count). The van der Waals surface area contributed by atoms with Gasteiger partial charge in [-0.05, 0) is 26.0 Å². The van der Waals surface area contributed by atoms with Crippen LogP contribution in [0.4, 0.5) is 0 Å². The summed E-state index contributed by atoms with van der Waals surface area (Å²) >= 11 is 0. The number of carbonyl (C=O) groups is 2. The average Bonchev–Trinajstić information content (AvgIpc) is 2.30. The van der Waals surface area contributed by atoms with Gasteiger partial charge in [0.15, 0.2) is 0 Å². The molecule has 1 aromatic carbocycles. The number of benzene rings is 1. The maximum atomic E-state index is 11.5. The number of esters is 2. The van der Waals surface area contributed by atoms with Crippen molar-refractivity contribution in [3.8, 4) is 0 Å². The lowest BCUT2D eigenvalue weighted by molar-refractivity contribution is 0.0479. The zero-order chi connectivity index (χ0) is 12.0. The Kier molecular flexibility index (Phi) is 6.58. The second-order valence-electron chi connectivity index (χ2n) is 2.99. The summed E-state index contributed by atoms with van der Waals surface area (Å²) in [5.41, 5.74) is 0.477. The van der Waals surface area contributed by atoms with Gasteiger partial charge in [-0.25, -0.2) is 9.59 Å². The zero-order valence-electron chi connectivity index (χ0n) is 9.86. The SMILES string of the molecule is CCOC(=O)c1ccccc1C(=O)OCC.O. The normalized spacial score (nSPS) is 9.06. The number of rotatable bonds is 4. The Bertz CT molecular complexity index is 349. The van der Waals surface area contributed by atoms with Gasteiger partial charge in [0.2, 0.25) is 0 Å². The molecule has 0 radical (unpaired) electrons. The van der Waals surface area contributed by atoms with E-state index in [1.165, 1.54) is 0 Å². The van der Waals surface area contributed by atoms with Gasteiger partial charge in [-0.3, -0.25) is 0 Å². The van der Waals surface area contributed by atoms with E-state index >= 15 is 0 Å². The molecule has 0 aliphatic rings. The lowest BCUT2D eigenvalue weighted by Crippen LogP contribution is -2.13. The smallest absolute Gasteiger partial charge is 0.338 e. The summed E-state index contributed by atoms with van der Waals surface area (Å²) in [5, 5.41) is 0. The fourth-order valence-electron chi connectivity index (χ4n) is 1.26. The molecule has 0 atom stereocenters. The molecule has 2 N–H and O–H groups in total. The molecule has 0 heterocycles. The molecule has 0 amide bonds. The Morgan fingerprint density at radius 3 is 1.59 bits per heavy atom. The summed E-state index contributed by atoms with van der Waals surface area (Å²) in [6.45, 7) is 3.97. The molecule has 0 unspecified atom stereocenters. The largest absolute Gasteiger partial charge is 0.462 e. The lowest BCUT2D eigenvalue weighted by atomic mass is 10.1. The van der Waals surface area contributed by atoms with E-state index in [-0.39, 0.29) is 29.8 Å². The van der Waals surface area contributed by atoms with E-state index in [9.17, 15) is 9.59 Å². The average molecular weight is 240 g/mol. The predicted molar refractivity (Wildman–Crippen MR) is 62.0 cm³/mol. The van der Waals surface area contributed by atoms with Gasteiger partial charge in [-0.2, -0.15) is 0 Å². The third-order valence-electron chi connectivity index (χ3n) is 1.92. The van der Waals surface area contributed by atoms with Gasteiger partial charge in [-0.15, -0.1) is 0 Å². The van der Waals surface area contributed by atoms with E-state index in [0.29, 0.717) is 0 Å². The number of ether oxygens (including phenoxy) is 2. The molecule has 0 aliphatic heterocycles. The first-order valence-corrected chi connectivity index (χ1v) is 5.14. The van der Waals surface area contributed by atoms with E-state index in [0.717, 1.165) is 0 Å². The fourth-order valence-corrected chi connectivity index (χ4v) is 1.26. The minimum absolute atomic E-state index is 0. The van der Waals surface area contributed by atoms with Crippen molar-refractivity contribution in [2.45, 2.75) is 13.8 Å². The maximum Gasteiger partial charge on any atom is 0.338 e. The van der Waals surface area contributed by atoms with Crippen LogP contribution in [0.5, 0.6) is 0 Å². The molecule has 0 aliphatic carbocycles. The second kappa shape index (κ2) is 7.40. The molecule has 0 bridgehead atoms. The summed E-state index contributed by atoms with van der Waals surface area (Å²) in [5.74, 6) is -1.02. The summed E-state index contributed by atoms with van der Waals surface area (Å²) in [7, 11) is 0. The molecule has 0 saturated carbocycles. The van der Waals surface area contributed by atoms with Gasteiger partial charge in [0, 0.05) is 0 Å². The Labute approximate surface area is 99.7 Å². The van der Waals surface area contributed by atoms with Crippen LogP contribution < -0.4 is 0 Å². The van der Waals surface area contributed by atoms with Crippen LogP contribution in [0.1, 0.15) is 34.6 Å². The van der Waals surface area contributed by atoms with Crippen molar-refractivity contribution in [1.82, 2.24) is 0 Å². The molecule has 5 nitrogen and oxygen atoms in total. The van der Waals surface area contributed by atoms with Crippen molar-refractivity contribution in [2.24, 2.45) is 0 Å². The van der Waals surface area contributed by atoms with Crippen LogP contribution in [0, 0.1) is 0 Å². The Morgan fingerprint density at radius 2 is 1.29 bits per heavy atom. The Balaban J connectivity index is 0.00000256. The minimum Gasteiger partial charge on any atom is -0.462 e. The van der Waals surface area contributed by atoms with Gasteiger partial charge in [-0.1, -0.05) is 12.1 Å². The van der Waals surface area contributed by atoms with Crippen LogP contribution in [-0.2, 0) is 9.47 Å².